The molecular weight excluding hydrogens is 357 g/mol. The van der Waals surface area contributed by atoms with Gasteiger partial charge in [-0.3, -0.25) is 9.55 Å². The van der Waals surface area contributed by atoms with Gasteiger partial charge in [-0.1, -0.05) is 12.1 Å². The van der Waals surface area contributed by atoms with Crippen LogP contribution in [0.1, 0.15) is 5.56 Å². The maximum absolute atomic E-state index is 13.5. The van der Waals surface area contributed by atoms with Crippen LogP contribution in [0.25, 0.3) is 28.2 Å². The highest BCUT2D eigenvalue weighted by Crippen LogP contribution is 2.37. The van der Waals surface area contributed by atoms with Crippen molar-refractivity contribution in [3.05, 3.63) is 66.5 Å². The number of pyridine rings is 2. The number of nitrogens with zero attached hydrogens (tertiary/aromatic N) is 4. The van der Waals surface area contributed by atoms with E-state index in [9.17, 15) is 13.2 Å². The van der Waals surface area contributed by atoms with Crippen molar-refractivity contribution in [1.29, 1.82) is 0 Å². The largest absolute Gasteiger partial charge is 0.481 e. The maximum atomic E-state index is 13.5. The first-order valence-corrected chi connectivity index (χ1v) is 7.99. The van der Waals surface area contributed by atoms with Crippen LogP contribution in [-0.2, 0) is 6.18 Å². The average Bonchev–Trinajstić information content (AvgIpc) is 3.07. The lowest BCUT2D eigenvalue weighted by Crippen LogP contribution is -2.05. The number of rotatable bonds is 3. The number of methoxy groups -OCH3 is 1. The van der Waals surface area contributed by atoms with Crippen LogP contribution in [-0.4, -0.2) is 26.6 Å². The van der Waals surface area contributed by atoms with Crippen LogP contribution >= 0.6 is 0 Å². The van der Waals surface area contributed by atoms with Crippen LogP contribution in [0.2, 0.25) is 0 Å². The van der Waals surface area contributed by atoms with Crippen molar-refractivity contribution in [3.8, 4) is 23.1 Å². The Bertz CT molecular complexity index is 1090. The third-order valence-corrected chi connectivity index (χ3v) is 4.07. The monoisotopic (exact) mass is 370 g/mol. The lowest BCUT2D eigenvalue weighted by Gasteiger charge is -2.10. The third-order valence-electron chi connectivity index (χ3n) is 4.07. The number of fused-ring (bicyclic) bond motifs is 1. The fourth-order valence-electron chi connectivity index (χ4n) is 2.88. The molecule has 1 aromatic carbocycles. The number of aromatic nitrogens is 4. The van der Waals surface area contributed by atoms with E-state index in [-0.39, 0.29) is 5.52 Å². The molecule has 3 aromatic heterocycles. The minimum absolute atomic E-state index is 0.138. The molecule has 0 radical (unpaired) electrons. The Hall–Kier alpha value is -3.42. The average molecular weight is 370 g/mol. The minimum Gasteiger partial charge on any atom is -0.481 e. The molecule has 0 fully saturated rings. The predicted octanol–water partition coefficient (Wildman–Crippen LogP) is 4.51. The van der Waals surface area contributed by atoms with Crippen LogP contribution in [0.15, 0.2) is 60.9 Å². The Balaban J connectivity index is 2.05. The van der Waals surface area contributed by atoms with Gasteiger partial charge in [0.1, 0.15) is 11.2 Å². The van der Waals surface area contributed by atoms with Crippen molar-refractivity contribution in [2.75, 3.05) is 7.11 Å². The molecule has 8 heteroatoms. The lowest BCUT2D eigenvalue weighted by atomic mass is 10.2. The number of alkyl halides is 3. The van der Waals surface area contributed by atoms with E-state index in [0.29, 0.717) is 28.6 Å². The normalized spacial score (nSPS) is 11.7. The van der Waals surface area contributed by atoms with Gasteiger partial charge < -0.3 is 4.74 Å². The second-order valence-electron chi connectivity index (χ2n) is 5.72. The van der Waals surface area contributed by atoms with E-state index in [2.05, 4.69) is 15.0 Å². The number of hydrogen-bond donors (Lipinski definition) is 0. The summed E-state index contributed by atoms with van der Waals surface area (Å²) in [6, 6.07) is 12.5. The van der Waals surface area contributed by atoms with Gasteiger partial charge in [0.2, 0.25) is 5.88 Å². The van der Waals surface area contributed by atoms with Crippen LogP contribution in [0, 0.1) is 0 Å². The maximum Gasteiger partial charge on any atom is 0.418 e. The highest BCUT2D eigenvalue weighted by Gasteiger charge is 2.34. The Morgan fingerprint density at radius 2 is 1.81 bits per heavy atom. The summed E-state index contributed by atoms with van der Waals surface area (Å²) in [4.78, 5) is 12.7. The zero-order valence-electron chi connectivity index (χ0n) is 14.1. The van der Waals surface area contributed by atoms with Crippen molar-refractivity contribution in [2.24, 2.45) is 0 Å². The molecule has 5 nitrogen and oxygen atoms in total. The molecule has 0 bridgehead atoms. The molecule has 0 aliphatic carbocycles. The van der Waals surface area contributed by atoms with Crippen LogP contribution < -0.4 is 4.74 Å². The van der Waals surface area contributed by atoms with Gasteiger partial charge in [-0.05, 0) is 30.3 Å². The third kappa shape index (κ3) is 2.99. The Morgan fingerprint density at radius 3 is 2.44 bits per heavy atom. The second-order valence-corrected chi connectivity index (χ2v) is 5.72. The Morgan fingerprint density at radius 1 is 0.963 bits per heavy atom. The predicted molar refractivity (Wildman–Crippen MR) is 93.7 cm³/mol. The molecule has 0 atom stereocenters. The van der Waals surface area contributed by atoms with E-state index in [4.69, 9.17) is 4.74 Å². The summed E-state index contributed by atoms with van der Waals surface area (Å²) in [5.41, 5.74) is 0.396. The molecule has 27 heavy (non-hydrogen) atoms. The molecule has 0 amide bonds. The smallest absolute Gasteiger partial charge is 0.418 e. The zero-order valence-corrected chi connectivity index (χ0v) is 14.1. The summed E-state index contributed by atoms with van der Waals surface area (Å²) in [6.07, 6.45) is -1.43. The van der Waals surface area contributed by atoms with Crippen molar-refractivity contribution < 1.29 is 17.9 Å². The van der Waals surface area contributed by atoms with E-state index in [1.54, 1.807) is 47.2 Å². The summed E-state index contributed by atoms with van der Waals surface area (Å²) in [7, 11) is 1.49. The van der Waals surface area contributed by atoms with Gasteiger partial charge in [0, 0.05) is 12.3 Å². The first-order valence-electron chi connectivity index (χ1n) is 7.99. The van der Waals surface area contributed by atoms with Gasteiger partial charge in [-0.2, -0.15) is 13.2 Å². The standard InChI is InChI=1S/C19H13F3N4O/c1-27-16-9-8-12(11-24-16)26-15-7-4-5-13(19(20,21)22)17(15)25-18(26)14-6-2-3-10-23-14/h2-11H,1H3. The Labute approximate surface area is 152 Å². The van der Waals surface area contributed by atoms with Crippen molar-refractivity contribution >= 4 is 11.0 Å². The molecule has 4 aromatic rings. The highest BCUT2D eigenvalue weighted by atomic mass is 19.4. The number of benzene rings is 1. The van der Waals surface area contributed by atoms with Crippen LogP contribution in [0.3, 0.4) is 0 Å². The Kier molecular flexibility index (Phi) is 4.02. The molecule has 3 heterocycles. The fraction of sp³-hybridized carbons (Fsp3) is 0.105. The summed E-state index contributed by atoms with van der Waals surface area (Å²) in [5.74, 6) is 0.702. The molecule has 0 N–H and O–H groups in total. The first kappa shape index (κ1) is 17.0. The van der Waals surface area contributed by atoms with Gasteiger partial charge in [-0.15, -0.1) is 0 Å². The number of imidazole rings is 1. The SMILES string of the molecule is COc1ccc(-n2c(-c3ccccn3)nc3c(C(F)(F)F)cccc32)cn1. The fourth-order valence-corrected chi connectivity index (χ4v) is 2.88. The van der Waals surface area contributed by atoms with Crippen LogP contribution in [0.4, 0.5) is 13.2 Å². The van der Waals surface area contributed by atoms with E-state index in [1.165, 1.54) is 19.4 Å². The first-order chi connectivity index (χ1) is 13.0. The number of para-hydroxylation sites is 1. The van der Waals surface area contributed by atoms with Gasteiger partial charge in [-0.25, -0.2) is 9.97 Å². The van der Waals surface area contributed by atoms with Gasteiger partial charge in [0.15, 0.2) is 5.82 Å². The van der Waals surface area contributed by atoms with E-state index < -0.39 is 11.7 Å². The van der Waals surface area contributed by atoms with Crippen LogP contribution in [0.5, 0.6) is 5.88 Å². The quantitative estimate of drug-likeness (QED) is 0.532. The van der Waals surface area contributed by atoms with Gasteiger partial charge in [0.05, 0.1) is 30.1 Å². The van der Waals surface area contributed by atoms with Crippen molar-refractivity contribution in [2.45, 2.75) is 6.18 Å². The minimum atomic E-state index is -4.52. The molecule has 0 saturated heterocycles. The number of ether oxygens (including phenoxy) is 1. The molecule has 0 unspecified atom stereocenters. The lowest BCUT2D eigenvalue weighted by molar-refractivity contribution is -0.136. The van der Waals surface area contributed by atoms with Gasteiger partial charge >= 0.3 is 6.18 Å². The van der Waals surface area contributed by atoms with Crippen molar-refractivity contribution in [3.63, 3.8) is 0 Å². The zero-order chi connectivity index (χ0) is 19.0. The van der Waals surface area contributed by atoms with Gasteiger partial charge in [0.25, 0.3) is 0 Å². The topological polar surface area (TPSA) is 52.8 Å². The van der Waals surface area contributed by atoms with E-state index in [0.717, 1.165) is 6.07 Å². The number of halogens is 3. The summed E-state index contributed by atoms with van der Waals surface area (Å²) < 4.78 is 47.1. The molecule has 0 spiro atoms. The second kappa shape index (κ2) is 6.39. The summed E-state index contributed by atoms with van der Waals surface area (Å²) in [5, 5.41) is 0. The molecular formula is C19H13F3N4O. The van der Waals surface area contributed by atoms with E-state index >= 15 is 0 Å². The molecule has 4 rings (SSSR count). The van der Waals surface area contributed by atoms with Crippen molar-refractivity contribution in [1.82, 2.24) is 19.5 Å². The highest BCUT2D eigenvalue weighted by molar-refractivity contribution is 5.85. The number of hydrogen-bond acceptors (Lipinski definition) is 4. The molecule has 136 valence electrons. The van der Waals surface area contributed by atoms with E-state index in [1.807, 2.05) is 0 Å². The molecule has 0 aliphatic rings. The summed E-state index contributed by atoms with van der Waals surface area (Å²) in [6.45, 7) is 0. The molecule has 0 saturated carbocycles. The molecule has 0 aliphatic heterocycles. The summed E-state index contributed by atoms with van der Waals surface area (Å²) >= 11 is 0.